The molecule has 0 N–H and O–H groups in total. The van der Waals surface area contributed by atoms with Gasteiger partial charge in [-0.2, -0.15) is 5.26 Å². The van der Waals surface area contributed by atoms with Crippen LogP contribution in [0.1, 0.15) is 32.8 Å². The van der Waals surface area contributed by atoms with Crippen LogP contribution >= 0.6 is 0 Å². The molecule has 0 aliphatic rings. The molecule has 0 atom stereocenters. The normalized spacial score (nSPS) is 10.7. The summed E-state index contributed by atoms with van der Waals surface area (Å²) in [5.74, 6) is -0.737. The third kappa shape index (κ3) is 5.38. The predicted molar refractivity (Wildman–Crippen MR) is 67.1 cm³/mol. The van der Waals surface area contributed by atoms with Crippen LogP contribution < -0.4 is 4.74 Å². The Morgan fingerprint density at radius 1 is 1.42 bits per heavy atom. The van der Waals surface area contributed by atoms with Crippen LogP contribution in [0.5, 0.6) is 5.75 Å². The molecule has 4 nitrogen and oxygen atoms in total. The molecule has 102 valence electrons. The summed E-state index contributed by atoms with van der Waals surface area (Å²) in [4.78, 5) is 11.4. The van der Waals surface area contributed by atoms with Crippen molar-refractivity contribution in [2.45, 2.75) is 32.8 Å². The first-order valence-electron chi connectivity index (χ1n) is 5.86. The Kier molecular flexibility index (Phi) is 4.87. The Bertz CT molecular complexity index is 500. The Morgan fingerprint density at radius 3 is 2.63 bits per heavy atom. The summed E-state index contributed by atoms with van der Waals surface area (Å²) in [6.45, 7) is 5.44. The van der Waals surface area contributed by atoms with Crippen LogP contribution in [0.2, 0.25) is 0 Å². The van der Waals surface area contributed by atoms with E-state index in [0.717, 1.165) is 6.07 Å². The van der Waals surface area contributed by atoms with E-state index in [1.165, 1.54) is 12.1 Å². The van der Waals surface area contributed by atoms with E-state index in [-0.39, 0.29) is 30.3 Å². The monoisotopic (exact) mass is 265 g/mol. The lowest BCUT2D eigenvalue weighted by Crippen LogP contribution is -2.24. The molecular weight excluding hydrogens is 249 g/mol. The van der Waals surface area contributed by atoms with Crippen molar-refractivity contribution in [3.05, 3.63) is 29.6 Å². The van der Waals surface area contributed by atoms with Gasteiger partial charge in [0.2, 0.25) is 0 Å². The van der Waals surface area contributed by atoms with Gasteiger partial charge in [0, 0.05) is 6.07 Å². The number of hydrogen-bond donors (Lipinski definition) is 0. The van der Waals surface area contributed by atoms with Crippen LogP contribution in [0, 0.1) is 17.1 Å². The van der Waals surface area contributed by atoms with E-state index in [4.69, 9.17) is 14.7 Å². The van der Waals surface area contributed by atoms with Crippen molar-refractivity contribution in [2.75, 3.05) is 6.61 Å². The fourth-order valence-electron chi connectivity index (χ4n) is 1.32. The third-order valence-electron chi connectivity index (χ3n) is 2.06. The number of benzene rings is 1. The van der Waals surface area contributed by atoms with Crippen molar-refractivity contribution in [3.63, 3.8) is 0 Å². The first-order valence-corrected chi connectivity index (χ1v) is 5.86. The van der Waals surface area contributed by atoms with E-state index in [2.05, 4.69) is 0 Å². The van der Waals surface area contributed by atoms with Gasteiger partial charge in [-0.05, 0) is 32.9 Å². The van der Waals surface area contributed by atoms with E-state index in [1.54, 1.807) is 26.8 Å². The lowest BCUT2D eigenvalue weighted by atomic mass is 10.2. The highest BCUT2D eigenvalue weighted by Crippen LogP contribution is 2.16. The topological polar surface area (TPSA) is 59.3 Å². The van der Waals surface area contributed by atoms with Crippen LogP contribution in [0.15, 0.2) is 18.2 Å². The van der Waals surface area contributed by atoms with Crippen LogP contribution in [-0.2, 0) is 9.53 Å². The van der Waals surface area contributed by atoms with Gasteiger partial charge in [-0.15, -0.1) is 0 Å². The first-order chi connectivity index (χ1) is 8.81. The second kappa shape index (κ2) is 6.19. The fraction of sp³-hybridized carbons (Fsp3) is 0.429. The summed E-state index contributed by atoms with van der Waals surface area (Å²) >= 11 is 0. The number of hydrogen-bond acceptors (Lipinski definition) is 4. The lowest BCUT2D eigenvalue weighted by molar-refractivity contribution is -0.155. The van der Waals surface area contributed by atoms with Crippen molar-refractivity contribution >= 4 is 5.97 Å². The molecule has 0 unspecified atom stereocenters. The van der Waals surface area contributed by atoms with E-state index in [9.17, 15) is 9.18 Å². The maximum absolute atomic E-state index is 13.3. The van der Waals surface area contributed by atoms with Gasteiger partial charge in [0.1, 0.15) is 23.2 Å². The molecule has 0 saturated carbocycles. The maximum Gasteiger partial charge on any atom is 0.309 e. The van der Waals surface area contributed by atoms with Gasteiger partial charge >= 0.3 is 5.97 Å². The Balaban J connectivity index is 2.44. The van der Waals surface area contributed by atoms with Gasteiger partial charge in [0.05, 0.1) is 18.6 Å². The van der Waals surface area contributed by atoms with Gasteiger partial charge < -0.3 is 9.47 Å². The molecule has 0 fully saturated rings. The number of nitrogens with zero attached hydrogens (tertiary/aromatic N) is 1. The number of rotatable bonds is 4. The molecule has 0 aromatic heterocycles. The average Bonchev–Trinajstić information content (AvgIpc) is 2.26. The fourth-order valence-corrected chi connectivity index (χ4v) is 1.32. The maximum atomic E-state index is 13.3. The number of nitriles is 1. The molecule has 5 heteroatoms. The summed E-state index contributed by atoms with van der Waals surface area (Å²) in [6.07, 6.45) is 0.0822. The van der Waals surface area contributed by atoms with E-state index in [1.807, 2.05) is 0 Å². The van der Waals surface area contributed by atoms with Gasteiger partial charge in [0.15, 0.2) is 0 Å². The van der Waals surface area contributed by atoms with Gasteiger partial charge in [-0.3, -0.25) is 4.79 Å². The minimum absolute atomic E-state index is 0.0421. The van der Waals surface area contributed by atoms with Crippen molar-refractivity contribution in [1.29, 1.82) is 5.26 Å². The number of halogens is 1. The summed E-state index contributed by atoms with van der Waals surface area (Å²) in [7, 11) is 0. The Hall–Kier alpha value is -2.09. The molecule has 1 aromatic carbocycles. The molecule has 0 bridgehead atoms. The van der Waals surface area contributed by atoms with Gasteiger partial charge in [-0.1, -0.05) is 0 Å². The molecule has 1 aromatic rings. The van der Waals surface area contributed by atoms with Crippen molar-refractivity contribution in [3.8, 4) is 11.8 Å². The predicted octanol–water partition coefficient (Wildman–Crippen LogP) is 2.81. The summed E-state index contributed by atoms with van der Waals surface area (Å²) in [6, 6.07) is 5.65. The summed E-state index contributed by atoms with van der Waals surface area (Å²) in [5, 5.41) is 8.57. The molecule has 0 radical (unpaired) electrons. The Morgan fingerprint density at radius 2 is 2.11 bits per heavy atom. The van der Waals surface area contributed by atoms with Crippen LogP contribution in [0.4, 0.5) is 4.39 Å². The molecule has 0 aliphatic carbocycles. The third-order valence-corrected chi connectivity index (χ3v) is 2.06. The zero-order valence-electron chi connectivity index (χ0n) is 11.2. The van der Waals surface area contributed by atoms with Crippen molar-refractivity contribution in [1.82, 2.24) is 0 Å². The molecule has 0 aliphatic heterocycles. The highest BCUT2D eigenvalue weighted by molar-refractivity contribution is 5.69. The molecule has 0 heterocycles. The Labute approximate surface area is 111 Å². The molecule has 0 spiro atoms. The zero-order valence-corrected chi connectivity index (χ0v) is 11.2. The SMILES string of the molecule is CC(C)(C)OC(=O)CCOc1ccc(C#N)c(F)c1. The quantitative estimate of drug-likeness (QED) is 0.785. The van der Waals surface area contributed by atoms with Crippen LogP contribution in [-0.4, -0.2) is 18.2 Å². The second-order valence-corrected chi connectivity index (χ2v) is 4.94. The van der Waals surface area contributed by atoms with E-state index in [0.29, 0.717) is 0 Å². The zero-order chi connectivity index (χ0) is 14.5. The highest BCUT2D eigenvalue weighted by atomic mass is 19.1. The van der Waals surface area contributed by atoms with Gasteiger partial charge in [0.25, 0.3) is 0 Å². The average molecular weight is 265 g/mol. The molecular formula is C14H16FNO3. The standard InChI is InChI=1S/C14H16FNO3/c1-14(2,3)19-13(17)6-7-18-11-5-4-10(9-16)12(15)8-11/h4-5,8H,6-7H2,1-3H3. The molecule has 0 amide bonds. The highest BCUT2D eigenvalue weighted by Gasteiger charge is 2.16. The van der Waals surface area contributed by atoms with Crippen LogP contribution in [0.3, 0.4) is 0 Å². The number of carbonyl (C=O) groups excluding carboxylic acids is 1. The molecule has 0 saturated heterocycles. The van der Waals surface area contributed by atoms with Gasteiger partial charge in [-0.25, -0.2) is 4.39 Å². The minimum atomic E-state index is -0.641. The van der Waals surface area contributed by atoms with E-state index >= 15 is 0 Å². The first kappa shape index (κ1) is 15.0. The largest absolute Gasteiger partial charge is 0.493 e. The molecule has 19 heavy (non-hydrogen) atoms. The number of carbonyl (C=O) groups is 1. The van der Waals surface area contributed by atoms with Crippen molar-refractivity contribution < 1.29 is 18.7 Å². The van der Waals surface area contributed by atoms with E-state index < -0.39 is 11.4 Å². The molecule has 1 rings (SSSR count). The number of ether oxygens (including phenoxy) is 2. The summed E-state index contributed by atoms with van der Waals surface area (Å²) < 4.78 is 23.6. The van der Waals surface area contributed by atoms with Crippen molar-refractivity contribution in [2.24, 2.45) is 0 Å². The van der Waals surface area contributed by atoms with Crippen LogP contribution in [0.25, 0.3) is 0 Å². The second-order valence-electron chi connectivity index (χ2n) is 4.94. The number of esters is 1. The minimum Gasteiger partial charge on any atom is -0.493 e. The summed E-state index contributed by atoms with van der Waals surface area (Å²) in [5.41, 5.74) is -0.572. The lowest BCUT2D eigenvalue weighted by Gasteiger charge is -2.19. The smallest absolute Gasteiger partial charge is 0.309 e.